The van der Waals surface area contributed by atoms with E-state index in [0.29, 0.717) is 0 Å². The standard InChI is InChI=1S/C12H20N2O7/c1-12(2,3)21-11(19)14-7(5-8(15)16)10(18)13-6-9(17)20-4/h7H,5-6H2,1-4H3,(H,13,18)(H,14,19)(H,15,16)/t7-/m0/s1. The second-order valence-electron chi connectivity index (χ2n) is 5.09. The highest BCUT2D eigenvalue weighted by molar-refractivity contribution is 5.91. The predicted molar refractivity (Wildman–Crippen MR) is 70.4 cm³/mol. The number of carboxylic acids is 1. The molecule has 2 amide bonds. The molecule has 1 atom stereocenters. The van der Waals surface area contributed by atoms with E-state index in [4.69, 9.17) is 9.84 Å². The fourth-order valence-corrected chi connectivity index (χ4v) is 1.19. The van der Waals surface area contributed by atoms with Gasteiger partial charge in [0.05, 0.1) is 13.5 Å². The van der Waals surface area contributed by atoms with Crippen molar-refractivity contribution in [3.63, 3.8) is 0 Å². The number of hydrogen-bond donors (Lipinski definition) is 3. The third-order valence-corrected chi connectivity index (χ3v) is 2.02. The Morgan fingerprint density at radius 2 is 1.76 bits per heavy atom. The lowest BCUT2D eigenvalue weighted by atomic mass is 10.2. The highest BCUT2D eigenvalue weighted by Crippen LogP contribution is 2.07. The van der Waals surface area contributed by atoms with E-state index in [9.17, 15) is 19.2 Å². The molecule has 0 fully saturated rings. The van der Waals surface area contributed by atoms with E-state index >= 15 is 0 Å². The molecule has 0 unspecified atom stereocenters. The summed E-state index contributed by atoms with van der Waals surface area (Å²) in [5.41, 5.74) is -0.791. The predicted octanol–water partition coefficient (Wildman–Crippen LogP) is -0.356. The van der Waals surface area contributed by atoms with Gasteiger partial charge in [0, 0.05) is 0 Å². The molecule has 9 nitrogen and oxygen atoms in total. The second kappa shape index (κ2) is 8.08. The van der Waals surface area contributed by atoms with Crippen molar-refractivity contribution in [2.45, 2.75) is 38.8 Å². The molecule has 0 saturated carbocycles. The molecule has 0 aliphatic rings. The van der Waals surface area contributed by atoms with Gasteiger partial charge < -0.3 is 25.2 Å². The van der Waals surface area contributed by atoms with E-state index in [1.807, 2.05) is 0 Å². The van der Waals surface area contributed by atoms with Crippen LogP contribution in [0.15, 0.2) is 0 Å². The summed E-state index contributed by atoms with van der Waals surface area (Å²) in [6.45, 7) is 4.43. The third kappa shape index (κ3) is 9.25. The molecule has 0 rings (SSSR count). The number of ether oxygens (including phenoxy) is 2. The molecule has 3 N–H and O–H groups in total. The molecule has 0 aliphatic heterocycles. The normalized spacial score (nSPS) is 12.0. The lowest BCUT2D eigenvalue weighted by molar-refractivity contribution is -0.142. The van der Waals surface area contributed by atoms with Gasteiger partial charge in [0.2, 0.25) is 5.91 Å². The summed E-state index contributed by atoms with van der Waals surface area (Å²) in [7, 11) is 1.14. The van der Waals surface area contributed by atoms with Crippen LogP contribution in [0.3, 0.4) is 0 Å². The summed E-state index contributed by atoms with van der Waals surface area (Å²) >= 11 is 0. The van der Waals surface area contributed by atoms with Gasteiger partial charge >= 0.3 is 18.0 Å². The van der Waals surface area contributed by atoms with Crippen LogP contribution >= 0.6 is 0 Å². The van der Waals surface area contributed by atoms with Gasteiger partial charge in [0.1, 0.15) is 18.2 Å². The second-order valence-corrected chi connectivity index (χ2v) is 5.09. The van der Waals surface area contributed by atoms with Crippen LogP contribution in [0.5, 0.6) is 0 Å². The maximum absolute atomic E-state index is 11.7. The van der Waals surface area contributed by atoms with Crippen molar-refractivity contribution in [2.75, 3.05) is 13.7 Å². The van der Waals surface area contributed by atoms with E-state index in [1.54, 1.807) is 20.8 Å². The summed E-state index contributed by atoms with van der Waals surface area (Å²) in [5, 5.41) is 13.0. The van der Waals surface area contributed by atoms with Crippen LogP contribution in [0.2, 0.25) is 0 Å². The highest BCUT2D eigenvalue weighted by Gasteiger charge is 2.26. The molecule has 0 saturated heterocycles. The fraction of sp³-hybridized carbons (Fsp3) is 0.667. The largest absolute Gasteiger partial charge is 0.481 e. The zero-order valence-electron chi connectivity index (χ0n) is 12.4. The first-order chi connectivity index (χ1) is 9.55. The first-order valence-electron chi connectivity index (χ1n) is 6.11. The molecule has 21 heavy (non-hydrogen) atoms. The first kappa shape index (κ1) is 18.7. The zero-order chi connectivity index (χ0) is 16.6. The average molecular weight is 304 g/mol. The van der Waals surface area contributed by atoms with Gasteiger partial charge in [0.25, 0.3) is 0 Å². The number of esters is 1. The van der Waals surface area contributed by atoms with Crippen LogP contribution in [0.4, 0.5) is 4.79 Å². The van der Waals surface area contributed by atoms with Crippen molar-refractivity contribution in [2.24, 2.45) is 0 Å². The summed E-state index contributed by atoms with van der Waals surface area (Å²) in [6, 6.07) is -1.36. The number of carbonyl (C=O) groups excluding carboxylic acids is 3. The summed E-state index contributed by atoms with van der Waals surface area (Å²) in [6.07, 6.45) is -1.58. The minimum absolute atomic E-state index is 0.429. The monoisotopic (exact) mass is 304 g/mol. The molecule has 0 spiro atoms. The Bertz CT molecular complexity index is 414. The minimum Gasteiger partial charge on any atom is -0.481 e. The lowest BCUT2D eigenvalue weighted by Gasteiger charge is -2.22. The maximum atomic E-state index is 11.7. The van der Waals surface area contributed by atoms with E-state index in [0.717, 1.165) is 7.11 Å². The summed E-state index contributed by atoms with van der Waals surface area (Å²) < 4.78 is 9.26. The smallest absolute Gasteiger partial charge is 0.408 e. The van der Waals surface area contributed by atoms with Crippen molar-refractivity contribution < 1.29 is 33.8 Å². The number of rotatable bonds is 6. The molecular weight excluding hydrogens is 284 g/mol. The quantitative estimate of drug-likeness (QED) is 0.571. The number of alkyl carbamates (subject to hydrolysis) is 1. The Balaban J connectivity index is 4.64. The van der Waals surface area contributed by atoms with Crippen molar-refractivity contribution in [1.82, 2.24) is 10.6 Å². The minimum atomic E-state index is -1.36. The molecule has 0 aromatic carbocycles. The number of aliphatic carboxylic acids is 1. The van der Waals surface area contributed by atoms with E-state index < -0.39 is 48.5 Å². The number of methoxy groups -OCH3 is 1. The van der Waals surface area contributed by atoms with Crippen LogP contribution in [-0.4, -0.2) is 54.3 Å². The van der Waals surface area contributed by atoms with Crippen LogP contribution < -0.4 is 10.6 Å². The molecule has 0 aromatic heterocycles. The van der Waals surface area contributed by atoms with Crippen LogP contribution in [0.25, 0.3) is 0 Å². The maximum Gasteiger partial charge on any atom is 0.408 e. The van der Waals surface area contributed by atoms with Gasteiger partial charge in [0.15, 0.2) is 0 Å². The topological polar surface area (TPSA) is 131 Å². The molecule has 0 aromatic rings. The number of nitrogens with one attached hydrogen (secondary N) is 2. The fourth-order valence-electron chi connectivity index (χ4n) is 1.19. The molecule has 0 heterocycles. The van der Waals surface area contributed by atoms with Gasteiger partial charge in [-0.25, -0.2) is 4.79 Å². The average Bonchev–Trinajstić information content (AvgIpc) is 2.31. The van der Waals surface area contributed by atoms with E-state index in [-0.39, 0.29) is 0 Å². The Hall–Kier alpha value is -2.32. The molecule has 0 radical (unpaired) electrons. The van der Waals surface area contributed by atoms with Crippen LogP contribution in [-0.2, 0) is 23.9 Å². The zero-order valence-corrected chi connectivity index (χ0v) is 12.4. The van der Waals surface area contributed by atoms with Crippen LogP contribution in [0, 0.1) is 0 Å². The van der Waals surface area contributed by atoms with Gasteiger partial charge in [-0.05, 0) is 20.8 Å². The van der Waals surface area contributed by atoms with Gasteiger partial charge in [-0.2, -0.15) is 0 Å². The molecule has 9 heteroatoms. The van der Waals surface area contributed by atoms with Crippen LogP contribution in [0.1, 0.15) is 27.2 Å². The SMILES string of the molecule is COC(=O)CNC(=O)[C@H](CC(=O)O)NC(=O)OC(C)(C)C. The van der Waals surface area contributed by atoms with Crippen molar-refractivity contribution >= 4 is 23.9 Å². The molecule has 0 bridgehead atoms. The highest BCUT2D eigenvalue weighted by atomic mass is 16.6. The summed E-state index contributed by atoms with van der Waals surface area (Å²) in [4.78, 5) is 44.9. The first-order valence-corrected chi connectivity index (χ1v) is 6.11. The Morgan fingerprint density at radius 3 is 2.19 bits per heavy atom. The van der Waals surface area contributed by atoms with E-state index in [2.05, 4.69) is 15.4 Å². The van der Waals surface area contributed by atoms with Crippen molar-refractivity contribution in [3.05, 3.63) is 0 Å². The number of carbonyl (C=O) groups is 4. The Morgan fingerprint density at radius 1 is 1.19 bits per heavy atom. The van der Waals surface area contributed by atoms with Gasteiger partial charge in [-0.1, -0.05) is 0 Å². The number of amides is 2. The third-order valence-electron chi connectivity index (χ3n) is 2.02. The summed E-state index contributed by atoms with van der Waals surface area (Å²) in [5.74, 6) is -2.81. The molecule has 120 valence electrons. The molecule has 0 aliphatic carbocycles. The van der Waals surface area contributed by atoms with Gasteiger partial charge in [-0.15, -0.1) is 0 Å². The lowest BCUT2D eigenvalue weighted by Crippen LogP contribution is -2.50. The Labute approximate surface area is 122 Å². The van der Waals surface area contributed by atoms with Crippen molar-refractivity contribution in [1.29, 1.82) is 0 Å². The Kier molecular flexibility index (Phi) is 7.18. The number of carboxylic acid groups (broad SMARTS) is 1. The van der Waals surface area contributed by atoms with Crippen molar-refractivity contribution in [3.8, 4) is 0 Å². The van der Waals surface area contributed by atoms with E-state index in [1.165, 1.54) is 0 Å². The number of hydrogen-bond acceptors (Lipinski definition) is 6. The van der Waals surface area contributed by atoms with Gasteiger partial charge in [-0.3, -0.25) is 14.4 Å². The molecular formula is C12H20N2O7.